The van der Waals surface area contributed by atoms with E-state index in [-0.39, 0.29) is 28.6 Å². The quantitative estimate of drug-likeness (QED) is 0.591. The summed E-state index contributed by atoms with van der Waals surface area (Å²) < 4.78 is 27.8. The van der Waals surface area contributed by atoms with Gasteiger partial charge in [0.1, 0.15) is 11.6 Å². The van der Waals surface area contributed by atoms with Gasteiger partial charge in [-0.25, -0.2) is 23.2 Å². The summed E-state index contributed by atoms with van der Waals surface area (Å²) in [5.41, 5.74) is 1.18. The number of sulfonamides is 1. The first-order valence-corrected chi connectivity index (χ1v) is 12.5. The first-order valence-electron chi connectivity index (χ1n) is 11.0. The number of anilines is 2. The summed E-state index contributed by atoms with van der Waals surface area (Å²) in [6.07, 6.45) is 3.28. The molecule has 1 saturated carbocycles. The largest absolute Gasteiger partial charge is 0.335 e. The second-order valence-corrected chi connectivity index (χ2v) is 10.2. The van der Waals surface area contributed by atoms with Crippen molar-refractivity contribution in [2.75, 3.05) is 23.1 Å². The number of nitrogens with zero attached hydrogens (tertiary/aromatic N) is 3. The molecular formula is C22H28N6O4S. The van der Waals surface area contributed by atoms with Crippen LogP contribution >= 0.6 is 0 Å². The van der Waals surface area contributed by atoms with Crippen molar-refractivity contribution in [2.24, 2.45) is 5.92 Å². The van der Waals surface area contributed by atoms with E-state index in [0.29, 0.717) is 49.2 Å². The third kappa shape index (κ3) is 5.98. The fourth-order valence-electron chi connectivity index (χ4n) is 3.77. The van der Waals surface area contributed by atoms with Gasteiger partial charge < -0.3 is 15.5 Å². The number of benzene rings is 1. The number of urea groups is 1. The summed E-state index contributed by atoms with van der Waals surface area (Å²) in [6.45, 7) is 4.54. The number of carbonyl (C=O) groups is 2. The maximum atomic E-state index is 12.7. The number of hydrogen-bond acceptors (Lipinski definition) is 6. The van der Waals surface area contributed by atoms with Crippen LogP contribution < -0.4 is 15.4 Å². The zero-order valence-corrected chi connectivity index (χ0v) is 19.5. The van der Waals surface area contributed by atoms with E-state index in [9.17, 15) is 18.0 Å². The number of amides is 3. The predicted molar refractivity (Wildman–Crippen MR) is 123 cm³/mol. The van der Waals surface area contributed by atoms with Gasteiger partial charge in [-0.15, -0.1) is 0 Å². The maximum absolute atomic E-state index is 12.7. The fourth-order valence-corrected chi connectivity index (χ4v) is 4.76. The molecule has 1 aliphatic carbocycles. The van der Waals surface area contributed by atoms with Crippen molar-refractivity contribution < 1.29 is 18.0 Å². The van der Waals surface area contributed by atoms with Gasteiger partial charge in [0.25, 0.3) is 10.0 Å². The van der Waals surface area contributed by atoms with Crippen molar-refractivity contribution in [2.45, 2.75) is 50.5 Å². The molecule has 3 N–H and O–H groups in total. The third-order valence-electron chi connectivity index (χ3n) is 5.70. The Labute approximate surface area is 193 Å². The summed E-state index contributed by atoms with van der Waals surface area (Å²) in [4.78, 5) is 34.8. The van der Waals surface area contributed by atoms with Gasteiger partial charge in [0.2, 0.25) is 5.91 Å². The molecule has 4 rings (SSSR count). The minimum Gasteiger partial charge on any atom is -0.335 e. The summed E-state index contributed by atoms with van der Waals surface area (Å²) in [7, 11) is -3.83. The van der Waals surface area contributed by atoms with E-state index in [0.717, 1.165) is 12.8 Å². The molecule has 33 heavy (non-hydrogen) atoms. The Morgan fingerprint density at radius 3 is 2.27 bits per heavy atom. The van der Waals surface area contributed by atoms with E-state index in [4.69, 9.17) is 0 Å². The highest BCUT2D eigenvalue weighted by Gasteiger charge is 2.30. The molecular weight excluding hydrogens is 444 g/mol. The van der Waals surface area contributed by atoms with Crippen LogP contribution in [-0.4, -0.2) is 54.4 Å². The maximum Gasteiger partial charge on any atom is 0.317 e. The lowest BCUT2D eigenvalue weighted by Crippen LogP contribution is -2.46. The van der Waals surface area contributed by atoms with E-state index in [1.807, 2.05) is 0 Å². The Balaban J connectivity index is 1.31. The van der Waals surface area contributed by atoms with Crippen LogP contribution in [0.25, 0.3) is 0 Å². The molecule has 0 atom stereocenters. The average molecular weight is 473 g/mol. The number of hydrogen-bond donors (Lipinski definition) is 3. The van der Waals surface area contributed by atoms with Crippen LogP contribution in [0.5, 0.6) is 0 Å². The first-order chi connectivity index (χ1) is 15.7. The van der Waals surface area contributed by atoms with Gasteiger partial charge in [-0.3, -0.25) is 9.52 Å². The Morgan fingerprint density at radius 2 is 1.67 bits per heavy atom. The van der Waals surface area contributed by atoms with Crippen LogP contribution in [0.2, 0.25) is 0 Å². The van der Waals surface area contributed by atoms with E-state index in [1.54, 1.807) is 36.9 Å². The average Bonchev–Trinajstić information content (AvgIpc) is 3.57. The lowest BCUT2D eigenvalue weighted by Gasteiger charge is -2.31. The molecule has 3 amide bonds. The van der Waals surface area contributed by atoms with Crippen LogP contribution in [-0.2, 0) is 14.8 Å². The van der Waals surface area contributed by atoms with Crippen LogP contribution in [0.4, 0.5) is 16.3 Å². The van der Waals surface area contributed by atoms with Crippen LogP contribution in [0.1, 0.15) is 37.2 Å². The number of aryl methyl sites for hydroxylation is 2. The van der Waals surface area contributed by atoms with Crippen molar-refractivity contribution in [3.05, 3.63) is 41.9 Å². The highest BCUT2D eigenvalue weighted by Crippen LogP contribution is 2.23. The normalized spacial score (nSPS) is 16.8. The monoisotopic (exact) mass is 472 g/mol. The molecule has 0 radical (unpaired) electrons. The Morgan fingerprint density at radius 1 is 1.00 bits per heavy atom. The van der Waals surface area contributed by atoms with Gasteiger partial charge in [0.15, 0.2) is 0 Å². The smallest absolute Gasteiger partial charge is 0.317 e. The minimum absolute atomic E-state index is 0.0472. The summed E-state index contributed by atoms with van der Waals surface area (Å²) in [6, 6.07) is 7.80. The molecule has 1 aliphatic heterocycles. The molecule has 1 aromatic carbocycles. The second kappa shape index (κ2) is 9.34. The van der Waals surface area contributed by atoms with Gasteiger partial charge in [-0.2, -0.15) is 0 Å². The molecule has 176 valence electrons. The van der Waals surface area contributed by atoms with Crippen molar-refractivity contribution in [1.82, 2.24) is 20.2 Å². The number of aromatic nitrogens is 2. The highest BCUT2D eigenvalue weighted by atomic mass is 32.2. The minimum atomic E-state index is -3.83. The Kier molecular flexibility index (Phi) is 6.50. The molecule has 0 spiro atoms. The summed E-state index contributed by atoms with van der Waals surface area (Å²) in [5.74, 6) is 0.358. The molecule has 1 aromatic heterocycles. The highest BCUT2D eigenvalue weighted by molar-refractivity contribution is 7.92. The summed E-state index contributed by atoms with van der Waals surface area (Å²) in [5, 5.41) is 5.82. The number of piperidine rings is 1. The number of rotatable bonds is 6. The molecule has 10 nitrogen and oxygen atoms in total. The van der Waals surface area contributed by atoms with Crippen molar-refractivity contribution in [3.63, 3.8) is 0 Å². The van der Waals surface area contributed by atoms with E-state index in [2.05, 4.69) is 25.3 Å². The van der Waals surface area contributed by atoms with Crippen LogP contribution in [0, 0.1) is 19.8 Å². The molecule has 11 heteroatoms. The number of likely N-dealkylation sites (tertiary alicyclic amines) is 1. The lowest BCUT2D eigenvalue weighted by molar-refractivity contribution is -0.121. The van der Waals surface area contributed by atoms with Gasteiger partial charge in [0, 0.05) is 42.5 Å². The van der Waals surface area contributed by atoms with Gasteiger partial charge >= 0.3 is 6.03 Å². The molecule has 2 aromatic rings. The molecule has 0 unspecified atom stereocenters. The standard InChI is InChI=1S/C22H28N6O4S/c1-14-13-20(24-15(2)23-14)27-33(31,32)19-7-5-17(6-8-19)25-21(29)16-9-11-28(12-10-16)22(30)26-18-3-4-18/h5-8,13,16,18H,3-4,9-12H2,1-2H3,(H,25,29)(H,26,30)(H,23,24,27). The van der Waals surface area contributed by atoms with Gasteiger partial charge in [-0.1, -0.05) is 0 Å². The van der Waals surface area contributed by atoms with Gasteiger partial charge in [0.05, 0.1) is 4.90 Å². The Hall–Kier alpha value is -3.21. The molecule has 2 fully saturated rings. The van der Waals surface area contributed by atoms with E-state index < -0.39 is 10.0 Å². The van der Waals surface area contributed by atoms with Crippen molar-refractivity contribution in [1.29, 1.82) is 0 Å². The molecule has 0 bridgehead atoms. The van der Waals surface area contributed by atoms with Crippen LogP contribution in [0.15, 0.2) is 35.2 Å². The predicted octanol–water partition coefficient (Wildman–Crippen LogP) is 2.42. The molecule has 1 saturated heterocycles. The van der Waals surface area contributed by atoms with Crippen molar-refractivity contribution >= 4 is 33.5 Å². The van der Waals surface area contributed by atoms with Crippen molar-refractivity contribution in [3.8, 4) is 0 Å². The van der Waals surface area contributed by atoms with E-state index in [1.165, 1.54) is 12.1 Å². The van der Waals surface area contributed by atoms with Crippen LogP contribution in [0.3, 0.4) is 0 Å². The summed E-state index contributed by atoms with van der Waals surface area (Å²) >= 11 is 0. The number of carbonyl (C=O) groups excluding carboxylic acids is 2. The zero-order valence-electron chi connectivity index (χ0n) is 18.7. The van der Waals surface area contributed by atoms with E-state index >= 15 is 0 Å². The van der Waals surface area contributed by atoms with Gasteiger partial charge in [-0.05, 0) is 63.8 Å². The third-order valence-corrected chi connectivity index (χ3v) is 7.07. The number of nitrogens with one attached hydrogen (secondary N) is 3. The lowest BCUT2D eigenvalue weighted by atomic mass is 9.96. The SMILES string of the molecule is Cc1cc(NS(=O)(=O)c2ccc(NC(=O)C3CCN(C(=O)NC4CC4)CC3)cc2)nc(C)n1. The second-order valence-electron chi connectivity index (χ2n) is 8.55. The molecule has 2 heterocycles. The molecule has 2 aliphatic rings. The topological polar surface area (TPSA) is 133 Å². The Bertz CT molecular complexity index is 1120. The fraction of sp³-hybridized carbons (Fsp3) is 0.455. The zero-order chi connectivity index (χ0) is 23.6. The first kappa shape index (κ1) is 23.0.